The molecule has 1 aromatic carbocycles. The first-order valence-electron chi connectivity index (χ1n) is 6.31. The molecule has 5 nitrogen and oxygen atoms in total. The first kappa shape index (κ1) is 10.1. The fraction of sp³-hybridized carbons (Fsp3) is 0.385. The quantitative estimate of drug-likeness (QED) is 0.780. The van der Waals surface area contributed by atoms with Gasteiger partial charge in [-0.05, 0) is 25.1 Å². The standard InChI is InChI=1S/C13H14N4O/c18-13-12-8(4-5-14-12)7-17(13)11-3-1-2-10-9(11)6-15-16-10/h1-3,6,8,12,14H,4-5,7H2,(H,15,16)/t8?,12-/m0/s1. The molecule has 4 rings (SSSR count). The zero-order valence-electron chi connectivity index (χ0n) is 9.89. The molecule has 5 heteroatoms. The largest absolute Gasteiger partial charge is 0.310 e. The zero-order chi connectivity index (χ0) is 12.1. The van der Waals surface area contributed by atoms with E-state index in [1.165, 1.54) is 0 Å². The molecule has 1 unspecified atom stereocenters. The molecule has 2 atom stereocenters. The van der Waals surface area contributed by atoms with Gasteiger partial charge in [-0.2, -0.15) is 5.10 Å². The minimum atomic E-state index is 0.0205. The van der Waals surface area contributed by atoms with Crippen LogP contribution in [0.15, 0.2) is 24.4 Å². The number of benzene rings is 1. The van der Waals surface area contributed by atoms with Crippen LogP contribution in [0.2, 0.25) is 0 Å². The molecule has 0 spiro atoms. The number of hydrogen-bond donors (Lipinski definition) is 2. The summed E-state index contributed by atoms with van der Waals surface area (Å²) in [6.45, 7) is 1.78. The van der Waals surface area contributed by atoms with Crippen LogP contribution in [0.1, 0.15) is 6.42 Å². The number of amides is 1. The van der Waals surface area contributed by atoms with Gasteiger partial charge >= 0.3 is 0 Å². The molecule has 2 aliphatic heterocycles. The maximum atomic E-state index is 12.4. The van der Waals surface area contributed by atoms with Crippen LogP contribution < -0.4 is 10.2 Å². The summed E-state index contributed by atoms with van der Waals surface area (Å²) in [6, 6.07) is 5.96. The number of rotatable bonds is 1. The van der Waals surface area contributed by atoms with Gasteiger partial charge in [0.25, 0.3) is 0 Å². The van der Waals surface area contributed by atoms with Crippen molar-refractivity contribution >= 4 is 22.5 Å². The van der Waals surface area contributed by atoms with E-state index in [0.29, 0.717) is 5.92 Å². The number of hydrogen-bond acceptors (Lipinski definition) is 3. The van der Waals surface area contributed by atoms with E-state index < -0.39 is 0 Å². The summed E-state index contributed by atoms with van der Waals surface area (Å²) in [5.74, 6) is 0.658. The van der Waals surface area contributed by atoms with E-state index in [-0.39, 0.29) is 11.9 Å². The molecular weight excluding hydrogens is 228 g/mol. The number of nitrogens with zero attached hydrogens (tertiary/aromatic N) is 2. The second-order valence-electron chi connectivity index (χ2n) is 5.04. The van der Waals surface area contributed by atoms with Gasteiger partial charge in [-0.1, -0.05) is 6.07 Å². The van der Waals surface area contributed by atoms with E-state index in [4.69, 9.17) is 0 Å². The lowest BCUT2D eigenvalue weighted by Gasteiger charge is -2.18. The topological polar surface area (TPSA) is 61.0 Å². The first-order chi connectivity index (χ1) is 8.84. The predicted octanol–water partition coefficient (Wildman–Crippen LogP) is 0.888. The van der Waals surface area contributed by atoms with Gasteiger partial charge < -0.3 is 10.2 Å². The lowest BCUT2D eigenvalue weighted by molar-refractivity contribution is -0.118. The van der Waals surface area contributed by atoms with Crippen molar-refractivity contribution < 1.29 is 4.79 Å². The van der Waals surface area contributed by atoms with Gasteiger partial charge in [-0.25, -0.2) is 0 Å². The van der Waals surface area contributed by atoms with Crippen molar-refractivity contribution in [2.75, 3.05) is 18.0 Å². The number of carbonyl (C=O) groups excluding carboxylic acids is 1. The summed E-state index contributed by atoms with van der Waals surface area (Å²) in [6.07, 6.45) is 2.88. The molecule has 0 bridgehead atoms. The molecule has 2 fully saturated rings. The molecule has 1 amide bonds. The highest BCUT2D eigenvalue weighted by atomic mass is 16.2. The SMILES string of the molecule is O=C1[C@H]2NCCC2CN1c1cccc2[nH]ncc12. The number of H-pyrrole nitrogens is 1. The summed E-state index contributed by atoms with van der Waals surface area (Å²) in [4.78, 5) is 14.3. The van der Waals surface area contributed by atoms with Gasteiger partial charge in [0.1, 0.15) is 0 Å². The van der Waals surface area contributed by atoms with Crippen molar-refractivity contribution in [2.24, 2.45) is 5.92 Å². The normalized spacial score (nSPS) is 27.1. The van der Waals surface area contributed by atoms with E-state index in [9.17, 15) is 4.79 Å². The summed E-state index contributed by atoms with van der Waals surface area (Å²) in [7, 11) is 0. The van der Waals surface area contributed by atoms with Crippen LogP contribution in [0.3, 0.4) is 0 Å². The Bertz CT molecular complexity index is 620. The summed E-state index contributed by atoms with van der Waals surface area (Å²) < 4.78 is 0. The van der Waals surface area contributed by atoms with Gasteiger partial charge in [0.2, 0.25) is 5.91 Å². The minimum absolute atomic E-state index is 0.0205. The minimum Gasteiger partial charge on any atom is -0.310 e. The summed E-state index contributed by atoms with van der Waals surface area (Å²) in [5, 5.41) is 11.3. The molecular formula is C13H14N4O. The average molecular weight is 242 g/mol. The van der Waals surface area contributed by atoms with Crippen LogP contribution in [0.4, 0.5) is 5.69 Å². The van der Waals surface area contributed by atoms with Crippen molar-refractivity contribution in [1.29, 1.82) is 0 Å². The monoisotopic (exact) mass is 242 g/mol. The molecule has 2 saturated heterocycles. The second-order valence-corrected chi connectivity index (χ2v) is 5.04. The maximum absolute atomic E-state index is 12.4. The molecule has 2 aliphatic rings. The third kappa shape index (κ3) is 1.25. The Morgan fingerprint density at radius 2 is 2.33 bits per heavy atom. The summed E-state index contributed by atoms with van der Waals surface area (Å²) >= 11 is 0. The third-order valence-corrected chi connectivity index (χ3v) is 4.05. The van der Waals surface area contributed by atoms with Gasteiger partial charge in [-0.3, -0.25) is 9.89 Å². The Balaban J connectivity index is 1.80. The molecule has 2 aromatic rings. The molecule has 0 aliphatic carbocycles. The van der Waals surface area contributed by atoms with Crippen LogP contribution in [0.25, 0.3) is 10.9 Å². The van der Waals surface area contributed by atoms with E-state index in [1.807, 2.05) is 23.1 Å². The van der Waals surface area contributed by atoms with E-state index in [1.54, 1.807) is 6.20 Å². The van der Waals surface area contributed by atoms with Gasteiger partial charge in [0.15, 0.2) is 0 Å². The highest BCUT2D eigenvalue weighted by Gasteiger charge is 2.43. The fourth-order valence-electron chi connectivity index (χ4n) is 3.14. The highest BCUT2D eigenvalue weighted by molar-refractivity contribution is 6.06. The Morgan fingerprint density at radius 3 is 3.22 bits per heavy atom. The van der Waals surface area contributed by atoms with Gasteiger partial charge in [-0.15, -0.1) is 0 Å². The molecule has 0 saturated carbocycles. The van der Waals surface area contributed by atoms with E-state index in [0.717, 1.165) is 36.1 Å². The van der Waals surface area contributed by atoms with Gasteiger partial charge in [0, 0.05) is 17.8 Å². The van der Waals surface area contributed by atoms with Crippen molar-refractivity contribution in [1.82, 2.24) is 15.5 Å². The van der Waals surface area contributed by atoms with Crippen molar-refractivity contribution in [3.63, 3.8) is 0 Å². The lowest BCUT2D eigenvalue weighted by Crippen LogP contribution is -2.36. The number of nitrogens with one attached hydrogen (secondary N) is 2. The molecule has 18 heavy (non-hydrogen) atoms. The number of anilines is 1. The number of aromatic nitrogens is 2. The van der Waals surface area contributed by atoms with E-state index in [2.05, 4.69) is 15.5 Å². The van der Waals surface area contributed by atoms with Crippen LogP contribution in [0.5, 0.6) is 0 Å². The fourth-order valence-corrected chi connectivity index (χ4v) is 3.14. The van der Waals surface area contributed by atoms with Crippen molar-refractivity contribution in [3.8, 4) is 0 Å². The molecule has 92 valence electrons. The smallest absolute Gasteiger partial charge is 0.244 e. The lowest BCUT2D eigenvalue weighted by atomic mass is 10.1. The highest BCUT2D eigenvalue weighted by Crippen LogP contribution is 2.33. The molecule has 3 heterocycles. The van der Waals surface area contributed by atoms with Crippen molar-refractivity contribution in [3.05, 3.63) is 24.4 Å². The first-order valence-corrected chi connectivity index (χ1v) is 6.31. The average Bonchev–Trinajstić information content (AvgIpc) is 3.06. The number of aromatic amines is 1. The Labute approximate surface area is 104 Å². The summed E-state index contributed by atoms with van der Waals surface area (Å²) in [5.41, 5.74) is 1.95. The number of fused-ring (bicyclic) bond motifs is 2. The zero-order valence-corrected chi connectivity index (χ0v) is 9.89. The van der Waals surface area contributed by atoms with Gasteiger partial charge in [0.05, 0.1) is 23.4 Å². The van der Waals surface area contributed by atoms with Crippen LogP contribution in [-0.4, -0.2) is 35.2 Å². The maximum Gasteiger partial charge on any atom is 0.244 e. The predicted molar refractivity (Wildman–Crippen MR) is 68.3 cm³/mol. The Kier molecular flexibility index (Phi) is 1.99. The third-order valence-electron chi connectivity index (χ3n) is 4.05. The van der Waals surface area contributed by atoms with Crippen LogP contribution in [0, 0.1) is 5.92 Å². The van der Waals surface area contributed by atoms with E-state index >= 15 is 0 Å². The van der Waals surface area contributed by atoms with Crippen LogP contribution in [-0.2, 0) is 4.79 Å². The molecule has 0 radical (unpaired) electrons. The second kappa shape index (κ2) is 3.55. The number of carbonyl (C=O) groups is 1. The van der Waals surface area contributed by atoms with Crippen molar-refractivity contribution in [2.45, 2.75) is 12.5 Å². The van der Waals surface area contributed by atoms with Crippen LogP contribution >= 0.6 is 0 Å². The molecule has 2 N–H and O–H groups in total. The Hall–Kier alpha value is -1.88. The Morgan fingerprint density at radius 1 is 1.39 bits per heavy atom. The molecule has 1 aromatic heterocycles.